The average Bonchev–Trinajstić information content (AvgIpc) is 2.08. The van der Waals surface area contributed by atoms with Crippen molar-refractivity contribution < 1.29 is 0 Å². The summed E-state index contributed by atoms with van der Waals surface area (Å²) in [5.74, 6) is 0. The normalized spacial score (nSPS) is 18.2. The van der Waals surface area contributed by atoms with E-state index in [1.807, 2.05) is 12.2 Å². The van der Waals surface area contributed by atoms with Crippen LogP contribution in [-0.4, -0.2) is 0 Å². The van der Waals surface area contributed by atoms with E-state index in [0.29, 0.717) is 0 Å². The van der Waals surface area contributed by atoms with Gasteiger partial charge >= 0.3 is 0 Å². The first-order valence-corrected chi connectivity index (χ1v) is 4.29. The van der Waals surface area contributed by atoms with Crippen LogP contribution in [0, 0.1) is 0 Å². The number of allylic oxidation sites excluding steroid dienone is 2. The first kappa shape index (κ1) is 8.14. The van der Waals surface area contributed by atoms with Crippen molar-refractivity contribution in [3.8, 4) is 0 Å². The van der Waals surface area contributed by atoms with Gasteiger partial charge in [-0.15, -0.1) is 11.5 Å². The van der Waals surface area contributed by atoms with Gasteiger partial charge in [0.2, 0.25) is 0 Å². The molecular formula is C11H14. The van der Waals surface area contributed by atoms with E-state index in [9.17, 15) is 0 Å². The summed E-state index contributed by atoms with van der Waals surface area (Å²) < 4.78 is 0. The molecule has 0 atom stereocenters. The van der Waals surface area contributed by atoms with Gasteiger partial charge in [-0.05, 0) is 56.4 Å². The monoisotopic (exact) mass is 146 g/mol. The van der Waals surface area contributed by atoms with E-state index in [4.69, 9.17) is 0 Å². The van der Waals surface area contributed by atoms with Crippen molar-refractivity contribution in [3.05, 3.63) is 35.8 Å². The highest BCUT2D eigenvalue weighted by Crippen LogP contribution is 2.01. The number of hydrogen-bond donors (Lipinski definition) is 0. The second kappa shape index (κ2) is 5.80. The molecule has 0 heteroatoms. The van der Waals surface area contributed by atoms with Gasteiger partial charge in [-0.25, -0.2) is 0 Å². The van der Waals surface area contributed by atoms with Crippen LogP contribution in [0.3, 0.4) is 0 Å². The van der Waals surface area contributed by atoms with Crippen LogP contribution < -0.4 is 0 Å². The van der Waals surface area contributed by atoms with E-state index >= 15 is 0 Å². The van der Waals surface area contributed by atoms with Gasteiger partial charge in [0.25, 0.3) is 0 Å². The van der Waals surface area contributed by atoms with Gasteiger partial charge in [0, 0.05) is 0 Å². The van der Waals surface area contributed by atoms with Crippen molar-refractivity contribution in [3.63, 3.8) is 0 Å². The van der Waals surface area contributed by atoms with E-state index in [0.717, 1.165) is 6.42 Å². The molecule has 0 nitrogen and oxygen atoms in total. The van der Waals surface area contributed by atoms with Crippen molar-refractivity contribution in [2.24, 2.45) is 0 Å². The van der Waals surface area contributed by atoms with E-state index in [-0.39, 0.29) is 0 Å². The summed E-state index contributed by atoms with van der Waals surface area (Å²) in [6.45, 7) is 0. The quantitative estimate of drug-likeness (QED) is 0.460. The van der Waals surface area contributed by atoms with Crippen molar-refractivity contribution in [1.29, 1.82) is 0 Å². The minimum absolute atomic E-state index is 0.965. The average molecular weight is 146 g/mol. The zero-order valence-electron chi connectivity index (χ0n) is 6.84. The van der Waals surface area contributed by atoms with Gasteiger partial charge in [0.05, 0.1) is 0 Å². The number of hydrogen-bond acceptors (Lipinski definition) is 0. The predicted molar refractivity (Wildman–Crippen MR) is 48.4 cm³/mol. The second-order valence-corrected chi connectivity index (χ2v) is 2.67. The summed E-state index contributed by atoms with van der Waals surface area (Å²) >= 11 is 0. The molecule has 11 heavy (non-hydrogen) atoms. The molecular weight excluding hydrogens is 132 g/mol. The summed E-state index contributed by atoms with van der Waals surface area (Å²) in [4.78, 5) is 0. The van der Waals surface area contributed by atoms with Crippen LogP contribution in [0.5, 0.6) is 0 Å². The summed E-state index contributed by atoms with van der Waals surface area (Å²) in [5, 5.41) is 0. The fraction of sp³-hybridized carbons (Fsp3) is 0.455. The topological polar surface area (TPSA) is 0 Å². The molecule has 0 aromatic carbocycles. The van der Waals surface area contributed by atoms with E-state index in [1.165, 1.54) is 25.7 Å². The smallest absolute Gasteiger partial charge is 0.00170 e. The molecule has 0 saturated heterocycles. The van der Waals surface area contributed by atoms with Crippen molar-refractivity contribution in [2.45, 2.75) is 32.1 Å². The highest BCUT2D eigenvalue weighted by atomic mass is 13.9. The van der Waals surface area contributed by atoms with Gasteiger partial charge < -0.3 is 0 Å². The van der Waals surface area contributed by atoms with Gasteiger partial charge in [-0.2, -0.15) is 0 Å². The largest absolute Gasteiger partial charge is 0.129 e. The minimum Gasteiger partial charge on any atom is -0.129 e. The molecule has 0 aromatic rings. The molecule has 0 spiro atoms. The molecule has 0 saturated carbocycles. The van der Waals surface area contributed by atoms with E-state index in [1.54, 1.807) is 0 Å². The lowest BCUT2D eigenvalue weighted by molar-refractivity contribution is 0.763. The maximum atomic E-state index is 3.15. The van der Waals surface area contributed by atoms with Crippen molar-refractivity contribution in [2.75, 3.05) is 0 Å². The summed E-state index contributed by atoms with van der Waals surface area (Å²) in [6, 6.07) is 0. The Bertz CT molecular complexity index is 184. The van der Waals surface area contributed by atoms with Gasteiger partial charge in [-0.1, -0.05) is 0 Å². The van der Waals surface area contributed by atoms with Crippen LogP contribution in [0.2, 0.25) is 0 Å². The van der Waals surface area contributed by atoms with Crippen molar-refractivity contribution >= 4 is 0 Å². The standard InChI is InChI=1S/C11H14/c1-2-4-6-8-10-11-9-7-5-3-1/h1,4-5,8H,2,7,9-11H2. The Morgan fingerprint density at radius 3 is 1.82 bits per heavy atom. The maximum absolute atomic E-state index is 3.15. The highest BCUT2D eigenvalue weighted by Gasteiger charge is 1.82. The lowest BCUT2D eigenvalue weighted by Gasteiger charge is -1.88. The first-order valence-electron chi connectivity index (χ1n) is 4.29. The molecule has 0 bridgehead atoms. The van der Waals surface area contributed by atoms with Crippen LogP contribution in [-0.2, 0) is 0 Å². The Morgan fingerprint density at radius 1 is 0.727 bits per heavy atom. The first-order chi connectivity index (χ1) is 5.50. The predicted octanol–water partition coefficient (Wildman–Crippen LogP) is 3.37. The molecule has 58 valence electrons. The fourth-order valence-electron chi connectivity index (χ4n) is 1.02. The number of rotatable bonds is 0. The van der Waals surface area contributed by atoms with Crippen LogP contribution in [0.4, 0.5) is 0 Å². The SMILES string of the molecule is C1=CCC=C=CCCCCC=1. The van der Waals surface area contributed by atoms with Gasteiger partial charge in [-0.3, -0.25) is 0 Å². The molecule has 1 rings (SSSR count). The molecule has 1 aliphatic rings. The Hall–Kier alpha value is -0.960. The van der Waals surface area contributed by atoms with Crippen LogP contribution in [0.25, 0.3) is 0 Å². The Kier molecular flexibility index (Phi) is 4.29. The Morgan fingerprint density at radius 2 is 1.27 bits per heavy atom. The molecule has 1 aliphatic carbocycles. The second-order valence-electron chi connectivity index (χ2n) is 2.67. The molecule has 0 N–H and O–H groups in total. The maximum Gasteiger partial charge on any atom is -0.00170 e. The van der Waals surface area contributed by atoms with Crippen LogP contribution in [0.15, 0.2) is 35.8 Å². The van der Waals surface area contributed by atoms with Gasteiger partial charge in [0.1, 0.15) is 0 Å². The third-order valence-electron chi connectivity index (χ3n) is 1.65. The molecule has 0 aromatic heterocycles. The van der Waals surface area contributed by atoms with E-state index < -0.39 is 0 Å². The molecule has 0 amide bonds. The minimum atomic E-state index is 0.965. The van der Waals surface area contributed by atoms with Crippen molar-refractivity contribution in [1.82, 2.24) is 0 Å². The molecule has 0 radical (unpaired) electrons. The molecule has 0 fully saturated rings. The Balaban J connectivity index is 2.49. The third kappa shape index (κ3) is 4.44. The zero-order chi connectivity index (χ0) is 7.78. The van der Waals surface area contributed by atoms with E-state index in [2.05, 4.69) is 23.6 Å². The third-order valence-corrected chi connectivity index (χ3v) is 1.65. The molecule has 0 heterocycles. The Labute approximate surface area is 68.6 Å². The molecule has 0 aliphatic heterocycles. The zero-order valence-corrected chi connectivity index (χ0v) is 6.84. The fourth-order valence-corrected chi connectivity index (χ4v) is 1.02. The summed E-state index contributed by atoms with van der Waals surface area (Å²) in [5.41, 5.74) is 6.30. The molecule has 0 unspecified atom stereocenters. The summed E-state index contributed by atoms with van der Waals surface area (Å²) in [6.07, 6.45) is 14.2. The van der Waals surface area contributed by atoms with Crippen LogP contribution in [0.1, 0.15) is 32.1 Å². The van der Waals surface area contributed by atoms with Crippen LogP contribution >= 0.6 is 0 Å². The lowest BCUT2D eigenvalue weighted by atomic mass is 10.2. The lowest BCUT2D eigenvalue weighted by Crippen LogP contribution is -1.70. The highest BCUT2D eigenvalue weighted by molar-refractivity contribution is 4.94. The summed E-state index contributed by atoms with van der Waals surface area (Å²) in [7, 11) is 0. The van der Waals surface area contributed by atoms with Gasteiger partial charge in [0.15, 0.2) is 0 Å².